The highest BCUT2D eigenvalue weighted by atomic mass is 28.3. The van der Waals surface area contributed by atoms with Gasteiger partial charge in [0.25, 0.3) is 0 Å². The van der Waals surface area contributed by atoms with Gasteiger partial charge in [-0.3, -0.25) is 0 Å². The molecule has 0 aliphatic carbocycles. The molecule has 1 radical (unpaired) electrons. The molecule has 0 heterocycles. The van der Waals surface area contributed by atoms with E-state index < -0.39 is 16.9 Å². The van der Waals surface area contributed by atoms with Gasteiger partial charge < -0.3 is 0 Å². The third kappa shape index (κ3) is 4.39. The normalized spacial score (nSPS) is 11.9. The third-order valence-corrected chi connectivity index (χ3v) is 10.5. The van der Waals surface area contributed by atoms with Gasteiger partial charge in [0, 0.05) is 0 Å². The molecule has 0 atom stereocenters. The topological polar surface area (TPSA) is 0 Å². The van der Waals surface area contributed by atoms with Crippen molar-refractivity contribution in [2.45, 2.75) is 54.3 Å². The summed E-state index contributed by atoms with van der Waals surface area (Å²) in [5, 5.41) is 6.07. The second-order valence-electron chi connectivity index (χ2n) is 9.31. The molecule has 0 aromatic heterocycles. The second-order valence-corrected chi connectivity index (χ2v) is 16.9. The fourth-order valence-electron chi connectivity index (χ4n) is 3.65. The van der Waals surface area contributed by atoms with Crippen molar-refractivity contribution in [2.75, 3.05) is 0 Å². The molecular formula is C26H33Si2. The van der Waals surface area contributed by atoms with Crippen LogP contribution in [0.15, 0.2) is 54.6 Å². The van der Waals surface area contributed by atoms with Gasteiger partial charge in [0.15, 0.2) is 8.80 Å². The summed E-state index contributed by atoms with van der Waals surface area (Å²) in [6.07, 6.45) is 0. The molecule has 0 N–H and O–H groups in total. The molecule has 0 fully saturated rings. The van der Waals surface area contributed by atoms with E-state index in [4.69, 9.17) is 0 Å². The van der Waals surface area contributed by atoms with Gasteiger partial charge in [-0.05, 0) is 56.9 Å². The van der Waals surface area contributed by atoms with Crippen LogP contribution >= 0.6 is 0 Å². The van der Waals surface area contributed by atoms with E-state index in [1.54, 1.807) is 5.19 Å². The van der Waals surface area contributed by atoms with Crippen LogP contribution in [0, 0.1) is 34.6 Å². The highest BCUT2D eigenvalue weighted by molar-refractivity contribution is 6.96. The Balaban J connectivity index is 2.26. The van der Waals surface area contributed by atoms with Crippen LogP contribution in [0.4, 0.5) is 0 Å². The smallest absolute Gasteiger partial charge is 0.0656 e. The number of benzene rings is 3. The zero-order valence-electron chi connectivity index (χ0n) is 18.7. The zero-order chi connectivity index (χ0) is 20.6. The molecule has 0 aliphatic rings. The van der Waals surface area contributed by atoms with E-state index in [1.165, 1.54) is 43.4 Å². The first-order chi connectivity index (χ1) is 13.1. The van der Waals surface area contributed by atoms with Crippen molar-refractivity contribution in [3.05, 3.63) is 82.4 Å². The summed E-state index contributed by atoms with van der Waals surface area (Å²) in [4.78, 5) is 0. The molecule has 3 aromatic carbocycles. The minimum atomic E-state index is -1.37. The van der Waals surface area contributed by atoms with E-state index in [1.807, 2.05) is 0 Å². The summed E-state index contributed by atoms with van der Waals surface area (Å²) in [6, 6.07) is 21.5. The lowest BCUT2D eigenvalue weighted by Crippen LogP contribution is -2.54. The summed E-state index contributed by atoms with van der Waals surface area (Å²) in [6.45, 7) is 18.5. The summed E-state index contributed by atoms with van der Waals surface area (Å²) in [5.74, 6) is 0. The van der Waals surface area contributed by atoms with Crippen molar-refractivity contribution in [3.63, 3.8) is 0 Å². The monoisotopic (exact) mass is 401 g/mol. The predicted molar refractivity (Wildman–Crippen MR) is 131 cm³/mol. The molecule has 0 saturated heterocycles. The molecule has 0 spiro atoms. The van der Waals surface area contributed by atoms with Crippen LogP contribution in [0.25, 0.3) is 0 Å². The Kier molecular flexibility index (Phi) is 5.83. The highest BCUT2D eigenvalue weighted by Gasteiger charge is 2.24. The van der Waals surface area contributed by atoms with E-state index in [2.05, 4.69) is 109 Å². The average molecular weight is 402 g/mol. The largest absolute Gasteiger partial charge is 0.154 e. The molecule has 3 rings (SSSR count). The van der Waals surface area contributed by atoms with E-state index >= 15 is 0 Å². The van der Waals surface area contributed by atoms with Crippen LogP contribution in [-0.4, -0.2) is 16.9 Å². The molecule has 0 amide bonds. The van der Waals surface area contributed by atoms with Gasteiger partial charge in [-0.25, -0.2) is 0 Å². The maximum atomic E-state index is 2.53. The standard InChI is InChI=1S/C26H33Si2/c1-18-13-25(17-26(14-18)28(6,7)8)27(23-11-9-19(2)21(4)15-23)24-12-10-20(3)22(5)16-24/h9-17H,1-8H3. The fraction of sp³-hybridized carbons (Fsp3) is 0.308. The first-order valence-electron chi connectivity index (χ1n) is 10.2. The Labute approximate surface area is 174 Å². The Morgan fingerprint density at radius 2 is 1.04 bits per heavy atom. The number of rotatable bonds is 4. The van der Waals surface area contributed by atoms with E-state index in [9.17, 15) is 0 Å². The highest BCUT2D eigenvalue weighted by Crippen LogP contribution is 2.09. The van der Waals surface area contributed by atoms with Crippen LogP contribution in [0.5, 0.6) is 0 Å². The van der Waals surface area contributed by atoms with Gasteiger partial charge in [-0.15, -0.1) is 0 Å². The second kappa shape index (κ2) is 7.84. The van der Waals surface area contributed by atoms with Crippen molar-refractivity contribution in [3.8, 4) is 0 Å². The molecule has 0 unspecified atom stereocenters. The van der Waals surface area contributed by atoms with Crippen LogP contribution in [0.2, 0.25) is 19.6 Å². The Morgan fingerprint density at radius 1 is 0.536 bits per heavy atom. The molecule has 0 nitrogen and oxygen atoms in total. The van der Waals surface area contributed by atoms with Crippen LogP contribution < -0.4 is 20.7 Å². The van der Waals surface area contributed by atoms with E-state index in [-0.39, 0.29) is 0 Å². The number of aryl methyl sites for hydroxylation is 5. The fourth-order valence-corrected chi connectivity index (χ4v) is 7.94. The number of hydrogen-bond acceptors (Lipinski definition) is 0. The van der Waals surface area contributed by atoms with Crippen molar-refractivity contribution in [1.82, 2.24) is 0 Å². The first-order valence-corrected chi connectivity index (χ1v) is 15.2. The third-order valence-electron chi connectivity index (χ3n) is 5.82. The Bertz CT molecular complexity index is 958. The van der Waals surface area contributed by atoms with Gasteiger partial charge in [-0.1, -0.05) is 101 Å². The minimum Gasteiger partial charge on any atom is -0.0656 e. The summed E-state index contributed by atoms with van der Waals surface area (Å²) >= 11 is 0. The van der Waals surface area contributed by atoms with Crippen LogP contribution in [-0.2, 0) is 0 Å². The zero-order valence-corrected chi connectivity index (χ0v) is 20.7. The van der Waals surface area contributed by atoms with Gasteiger partial charge in [0.2, 0.25) is 0 Å². The quantitative estimate of drug-likeness (QED) is 0.452. The molecule has 145 valence electrons. The van der Waals surface area contributed by atoms with Crippen molar-refractivity contribution in [1.29, 1.82) is 0 Å². The summed E-state index contributed by atoms with van der Waals surface area (Å²) < 4.78 is 0. The average Bonchev–Trinajstić information content (AvgIpc) is 2.60. The van der Waals surface area contributed by atoms with Crippen molar-refractivity contribution < 1.29 is 0 Å². The molecule has 2 heteroatoms. The van der Waals surface area contributed by atoms with E-state index in [0.29, 0.717) is 0 Å². The molecule has 0 saturated carbocycles. The SMILES string of the molecule is Cc1cc([Si](c2ccc(C)c(C)c2)c2ccc(C)c(C)c2)cc([Si](C)(C)C)c1. The predicted octanol–water partition coefficient (Wildman–Crippen LogP) is 4.29. The van der Waals surface area contributed by atoms with Gasteiger partial charge in [0.1, 0.15) is 0 Å². The lowest BCUT2D eigenvalue weighted by molar-refractivity contribution is 1.35. The van der Waals surface area contributed by atoms with Gasteiger partial charge >= 0.3 is 0 Å². The maximum Gasteiger partial charge on any atom is 0.154 e. The van der Waals surface area contributed by atoms with E-state index in [0.717, 1.165) is 0 Å². The van der Waals surface area contributed by atoms with Gasteiger partial charge in [0.05, 0.1) is 8.07 Å². The molecular weight excluding hydrogens is 368 g/mol. The van der Waals surface area contributed by atoms with Crippen molar-refractivity contribution >= 4 is 37.6 Å². The number of hydrogen-bond donors (Lipinski definition) is 0. The first kappa shape index (κ1) is 20.8. The lowest BCUT2D eigenvalue weighted by atomic mass is 10.1. The van der Waals surface area contributed by atoms with Crippen LogP contribution in [0.3, 0.4) is 0 Å². The summed E-state index contributed by atoms with van der Waals surface area (Å²) in [5.41, 5.74) is 6.92. The lowest BCUT2D eigenvalue weighted by Gasteiger charge is -2.23. The Hall–Kier alpha value is -1.91. The minimum absolute atomic E-state index is 1.04. The molecule has 0 bridgehead atoms. The van der Waals surface area contributed by atoms with Crippen molar-refractivity contribution in [2.24, 2.45) is 0 Å². The maximum absolute atomic E-state index is 2.53. The molecule has 0 aliphatic heterocycles. The summed E-state index contributed by atoms with van der Waals surface area (Å²) in [7, 11) is -2.40. The molecule has 3 aromatic rings. The van der Waals surface area contributed by atoms with Crippen LogP contribution in [0.1, 0.15) is 27.8 Å². The Morgan fingerprint density at radius 3 is 1.46 bits per heavy atom. The molecule has 28 heavy (non-hydrogen) atoms. The van der Waals surface area contributed by atoms with Gasteiger partial charge in [-0.2, -0.15) is 0 Å².